The van der Waals surface area contributed by atoms with E-state index in [2.05, 4.69) is 20.0 Å². The Morgan fingerprint density at radius 3 is 2.69 bits per heavy atom. The average Bonchev–Trinajstić information content (AvgIpc) is 2.60. The Morgan fingerprint density at radius 2 is 2.14 bits per heavy atom. The number of aromatic amines is 1. The van der Waals surface area contributed by atoms with E-state index in [0.29, 0.717) is 12.7 Å². The van der Waals surface area contributed by atoms with Crippen LogP contribution < -0.4 is 32.2 Å². The normalized spacial score (nSPS) is 12.2. The highest BCUT2D eigenvalue weighted by Crippen LogP contribution is 2.27. The second kappa shape index (κ2) is 8.60. The van der Waals surface area contributed by atoms with Crippen molar-refractivity contribution in [1.82, 2.24) is 9.97 Å². The van der Waals surface area contributed by atoms with Gasteiger partial charge in [-0.1, -0.05) is 13.0 Å². The second-order valence-electron chi connectivity index (χ2n) is 5.70. The van der Waals surface area contributed by atoms with Gasteiger partial charge < -0.3 is 20.6 Å². The average molecular weight is 414 g/mol. The number of primary amides is 1. The molecule has 13 heteroatoms. The molecule has 6 N–H and O–H groups in total. The summed E-state index contributed by atoms with van der Waals surface area (Å²) in [5.74, 6) is 3.49. The van der Waals surface area contributed by atoms with Gasteiger partial charge in [-0.15, -0.1) is 13.2 Å². The molecule has 1 heterocycles. The molecule has 1 aromatic heterocycles. The van der Waals surface area contributed by atoms with Crippen LogP contribution in [0.2, 0.25) is 0 Å². The predicted octanol–water partition coefficient (Wildman–Crippen LogP) is 1.17. The molecule has 0 saturated carbocycles. The number of nitrogens with one attached hydrogen (secondary N) is 2. The largest absolute Gasteiger partial charge is 0.573 e. The van der Waals surface area contributed by atoms with Gasteiger partial charge in [0.2, 0.25) is 5.95 Å². The zero-order valence-corrected chi connectivity index (χ0v) is 15.0. The summed E-state index contributed by atoms with van der Waals surface area (Å²) in [7, 11) is 0. The number of nitrogens with zero attached hydrogens (tertiary/aromatic N) is 2. The summed E-state index contributed by atoms with van der Waals surface area (Å²) in [5.41, 5.74) is 3.69. The van der Waals surface area contributed by atoms with Crippen molar-refractivity contribution >= 4 is 29.6 Å². The summed E-state index contributed by atoms with van der Waals surface area (Å²) < 4.78 is 41.0. The van der Waals surface area contributed by atoms with Crippen LogP contribution in [0.25, 0.3) is 0 Å². The summed E-state index contributed by atoms with van der Waals surface area (Å²) in [5, 5.41) is 3.42. The number of carbonyl (C=O) groups is 2. The summed E-state index contributed by atoms with van der Waals surface area (Å²) in [4.78, 5) is 41.3. The van der Waals surface area contributed by atoms with E-state index in [9.17, 15) is 27.6 Å². The van der Waals surface area contributed by atoms with Crippen molar-refractivity contribution in [3.05, 3.63) is 40.2 Å². The number of aldehydes is 1. The molecule has 156 valence electrons. The fraction of sp³-hybridized carbons (Fsp3) is 0.250. The summed E-state index contributed by atoms with van der Waals surface area (Å²) in [6, 6.07) is 3.80. The molecule has 10 nitrogen and oxygen atoms in total. The Bertz CT molecular complexity index is 962. The van der Waals surface area contributed by atoms with Gasteiger partial charge in [0.1, 0.15) is 23.6 Å². The van der Waals surface area contributed by atoms with Crippen molar-refractivity contribution in [3.8, 4) is 5.75 Å². The quantitative estimate of drug-likeness (QED) is 0.285. The predicted molar refractivity (Wildman–Crippen MR) is 96.6 cm³/mol. The fourth-order valence-corrected chi connectivity index (χ4v) is 2.33. The molecule has 1 unspecified atom stereocenters. The molecule has 29 heavy (non-hydrogen) atoms. The molecule has 2 rings (SSSR count). The summed E-state index contributed by atoms with van der Waals surface area (Å²) >= 11 is 0. The Labute approximate surface area is 161 Å². The zero-order valence-electron chi connectivity index (χ0n) is 15.0. The second-order valence-corrected chi connectivity index (χ2v) is 5.70. The van der Waals surface area contributed by atoms with Gasteiger partial charge >= 0.3 is 6.36 Å². The third kappa shape index (κ3) is 5.44. The molecular formula is C16H17F3N6O4. The Morgan fingerprint density at radius 1 is 1.45 bits per heavy atom. The van der Waals surface area contributed by atoms with Gasteiger partial charge in [0.25, 0.3) is 11.5 Å². The molecular weight excluding hydrogens is 397 g/mol. The van der Waals surface area contributed by atoms with Crippen LogP contribution in [-0.4, -0.2) is 34.6 Å². The van der Waals surface area contributed by atoms with Crippen LogP contribution in [0.4, 0.5) is 30.6 Å². The number of aromatic nitrogens is 2. The maximum atomic E-state index is 12.4. The number of anilines is 3. The van der Waals surface area contributed by atoms with E-state index in [4.69, 9.17) is 11.6 Å². The number of alkyl halides is 3. The molecule has 0 spiro atoms. The van der Waals surface area contributed by atoms with Gasteiger partial charge in [-0.3, -0.25) is 19.6 Å². The monoisotopic (exact) mass is 414 g/mol. The van der Waals surface area contributed by atoms with Crippen LogP contribution in [0.1, 0.15) is 23.7 Å². The summed E-state index contributed by atoms with van der Waals surface area (Å²) in [6.07, 6.45) is -4.08. The van der Waals surface area contributed by atoms with Crippen LogP contribution in [0, 0.1) is 0 Å². The van der Waals surface area contributed by atoms with Crippen LogP contribution in [0.15, 0.2) is 29.1 Å². The molecule has 1 amide bonds. The number of ether oxygens (including phenoxy) is 1. The number of rotatable bonds is 8. The standard InChI is InChI=1S/C16H17F3N6O4/c1-2-9(7-26)25(21)15-23-13(11(12(20)27)14(28)24-15)22-8-4-3-5-10(6-8)29-16(17,18)19/h3-7,9H,2,21H2,1H3,(H2,20,27)(H2,22,23,24,28). The number of hydrogen-bond acceptors (Lipinski definition) is 8. The van der Waals surface area contributed by atoms with Crippen molar-refractivity contribution in [2.45, 2.75) is 25.7 Å². The maximum absolute atomic E-state index is 12.4. The van der Waals surface area contributed by atoms with Gasteiger partial charge in [-0.25, -0.2) is 5.84 Å². The zero-order chi connectivity index (χ0) is 21.8. The lowest BCUT2D eigenvalue weighted by atomic mass is 10.2. The summed E-state index contributed by atoms with van der Waals surface area (Å²) in [6.45, 7) is 1.67. The van der Waals surface area contributed by atoms with Crippen LogP contribution in [0.3, 0.4) is 0 Å². The first-order valence-electron chi connectivity index (χ1n) is 8.12. The number of hydrazine groups is 1. The SMILES string of the molecule is CCC(C=O)N(N)c1nc(Nc2cccc(OC(F)(F)F)c2)c(C(N)=O)c(=O)[nH]1. The Hall–Kier alpha value is -3.61. The minimum Gasteiger partial charge on any atom is -0.406 e. The topological polar surface area (TPSA) is 156 Å². The lowest BCUT2D eigenvalue weighted by Crippen LogP contribution is -2.44. The molecule has 0 aliphatic carbocycles. The smallest absolute Gasteiger partial charge is 0.406 e. The number of hydrogen-bond donors (Lipinski definition) is 4. The van der Waals surface area contributed by atoms with Crippen molar-refractivity contribution < 1.29 is 27.5 Å². The molecule has 0 bridgehead atoms. The van der Waals surface area contributed by atoms with Crippen molar-refractivity contribution in [2.24, 2.45) is 11.6 Å². The van der Waals surface area contributed by atoms with Gasteiger partial charge in [0, 0.05) is 11.8 Å². The lowest BCUT2D eigenvalue weighted by molar-refractivity contribution is -0.274. The van der Waals surface area contributed by atoms with Crippen molar-refractivity contribution in [1.29, 1.82) is 0 Å². The first-order chi connectivity index (χ1) is 13.6. The number of nitrogens with two attached hydrogens (primary N) is 2. The van der Waals surface area contributed by atoms with E-state index in [0.717, 1.165) is 17.1 Å². The minimum absolute atomic E-state index is 0.0179. The first kappa shape index (κ1) is 21.7. The van der Waals surface area contributed by atoms with Gasteiger partial charge in [0.15, 0.2) is 5.82 Å². The van der Waals surface area contributed by atoms with Crippen LogP contribution in [0.5, 0.6) is 5.75 Å². The molecule has 1 atom stereocenters. The minimum atomic E-state index is -4.91. The van der Waals surface area contributed by atoms with E-state index in [1.54, 1.807) is 6.92 Å². The van der Waals surface area contributed by atoms with E-state index in [1.807, 2.05) is 0 Å². The third-order valence-corrected chi connectivity index (χ3v) is 3.66. The number of benzene rings is 1. The van der Waals surface area contributed by atoms with Gasteiger partial charge in [-0.2, -0.15) is 4.98 Å². The van der Waals surface area contributed by atoms with E-state index < -0.39 is 35.2 Å². The number of amides is 1. The lowest BCUT2D eigenvalue weighted by Gasteiger charge is -2.23. The van der Waals surface area contributed by atoms with Crippen LogP contribution >= 0.6 is 0 Å². The molecule has 1 aromatic carbocycles. The number of halogens is 3. The molecule has 0 fully saturated rings. The number of carbonyl (C=O) groups excluding carboxylic acids is 2. The van der Waals surface area contributed by atoms with Crippen molar-refractivity contribution in [2.75, 3.05) is 10.3 Å². The van der Waals surface area contributed by atoms with Gasteiger partial charge in [-0.05, 0) is 18.6 Å². The molecule has 0 aliphatic heterocycles. The van der Waals surface area contributed by atoms with E-state index in [-0.39, 0.29) is 17.5 Å². The highest BCUT2D eigenvalue weighted by molar-refractivity contribution is 5.98. The van der Waals surface area contributed by atoms with Gasteiger partial charge in [0.05, 0.1) is 0 Å². The van der Waals surface area contributed by atoms with E-state index in [1.165, 1.54) is 12.1 Å². The van der Waals surface area contributed by atoms with Crippen molar-refractivity contribution in [3.63, 3.8) is 0 Å². The fourth-order valence-electron chi connectivity index (χ4n) is 2.33. The van der Waals surface area contributed by atoms with E-state index >= 15 is 0 Å². The maximum Gasteiger partial charge on any atom is 0.573 e. The highest BCUT2D eigenvalue weighted by Gasteiger charge is 2.31. The third-order valence-electron chi connectivity index (χ3n) is 3.66. The number of H-pyrrole nitrogens is 1. The molecule has 0 saturated heterocycles. The Kier molecular flexibility index (Phi) is 6.43. The highest BCUT2D eigenvalue weighted by atomic mass is 19.4. The first-order valence-corrected chi connectivity index (χ1v) is 8.12. The Balaban J connectivity index is 2.48. The van der Waals surface area contributed by atoms with Crippen LogP contribution in [-0.2, 0) is 4.79 Å². The molecule has 0 aliphatic rings. The molecule has 2 aromatic rings. The molecule has 0 radical (unpaired) electrons.